The third-order valence-corrected chi connectivity index (χ3v) is 2.31. The van der Waals surface area contributed by atoms with E-state index in [0.717, 1.165) is 19.0 Å². The first-order valence-electron chi connectivity index (χ1n) is 5.49. The lowest BCUT2D eigenvalue weighted by Crippen LogP contribution is -2.28. The highest BCUT2D eigenvalue weighted by molar-refractivity contribution is 5.78. The molecule has 0 saturated heterocycles. The zero-order chi connectivity index (χ0) is 12.7. The lowest BCUT2D eigenvalue weighted by atomic mass is 10.1. The van der Waals surface area contributed by atoms with Crippen molar-refractivity contribution in [3.63, 3.8) is 0 Å². The summed E-state index contributed by atoms with van der Waals surface area (Å²) >= 11 is 0. The second kappa shape index (κ2) is 6.96. The van der Waals surface area contributed by atoms with Gasteiger partial charge < -0.3 is 10.6 Å². The van der Waals surface area contributed by atoms with E-state index in [1.807, 2.05) is 7.05 Å². The van der Waals surface area contributed by atoms with Crippen LogP contribution in [-0.4, -0.2) is 26.0 Å². The monoisotopic (exact) mass is 242 g/mol. The Morgan fingerprint density at radius 1 is 1.29 bits per heavy atom. The van der Waals surface area contributed by atoms with Crippen molar-refractivity contribution in [3.8, 4) is 0 Å². The van der Waals surface area contributed by atoms with Crippen molar-refractivity contribution in [1.29, 1.82) is 0 Å². The summed E-state index contributed by atoms with van der Waals surface area (Å²) in [5.74, 6) is -2.17. The van der Waals surface area contributed by atoms with Gasteiger partial charge in [-0.3, -0.25) is 4.79 Å². The molecule has 0 aliphatic rings. The first-order valence-corrected chi connectivity index (χ1v) is 5.49. The molecule has 0 bridgehead atoms. The molecule has 0 unspecified atom stereocenters. The molecule has 94 valence electrons. The lowest BCUT2D eigenvalue weighted by molar-refractivity contribution is -0.120. The highest BCUT2D eigenvalue weighted by Gasteiger charge is 2.10. The third kappa shape index (κ3) is 4.48. The van der Waals surface area contributed by atoms with Crippen LogP contribution in [-0.2, 0) is 11.2 Å². The van der Waals surface area contributed by atoms with Crippen molar-refractivity contribution in [3.05, 3.63) is 35.4 Å². The second-order valence-corrected chi connectivity index (χ2v) is 3.70. The molecule has 0 heterocycles. The Labute approximate surface area is 99.2 Å². The van der Waals surface area contributed by atoms with Gasteiger partial charge in [0.2, 0.25) is 5.91 Å². The molecule has 2 N–H and O–H groups in total. The van der Waals surface area contributed by atoms with Gasteiger partial charge in [0.05, 0.1) is 6.42 Å². The van der Waals surface area contributed by atoms with E-state index in [1.54, 1.807) is 0 Å². The normalized spacial score (nSPS) is 10.3. The first kappa shape index (κ1) is 13.6. The fourth-order valence-electron chi connectivity index (χ4n) is 1.41. The van der Waals surface area contributed by atoms with E-state index >= 15 is 0 Å². The number of amides is 1. The summed E-state index contributed by atoms with van der Waals surface area (Å²) in [6.07, 6.45) is 0.664. The van der Waals surface area contributed by atoms with E-state index in [1.165, 1.54) is 12.1 Å². The second-order valence-electron chi connectivity index (χ2n) is 3.70. The molecule has 5 heteroatoms. The molecule has 0 aliphatic heterocycles. The maximum atomic E-state index is 13.2. The average molecular weight is 242 g/mol. The van der Waals surface area contributed by atoms with Gasteiger partial charge in [-0.1, -0.05) is 12.1 Å². The van der Waals surface area contributed by atoms with E-state index in [9.17, 15) is 13.6 Å². The lowest BCUT2D eigenvalue weighted by Gasteiger charge is -2.06. The SMILES string of the molecule is CNCCCNC(=O)Cc1cccc(F)c1F. The number of rotatable bonds is 6. The van der Waals surface area contributed by atoms with Gasteiger partial charge in [-0.2, -0.15) is 0 Å². The van der Waals surface area contributed by atoms with Gasteiger partial charge >= 0.3 is 0 Å². The number of carbonyl (C=O) groups is 1. The van der Waals surface area contributed by atoms with Crippen LogP contribution < -0.4 is 10.6 Å². The highest BCUT2D eigenvalue weighted by Crippen LogP contribution is 2.11. The summed E-state index contributed by atoms with van der Waals surface area (Å²) in [5, 5.41) is 5.59. The summed E-state index contributed by atoms with van der Waals surface area (Å²) in [6.45, 7) is 1.32. The van der Waals surface area contributed by atoms with Crippen LogP contribution in [0.1, 0.15) is 12.0 Å². The quantitative estimate of drug-likeness (QED) is 0.737. The summed E-state index contributed by atoms with van der Waals surface area (Å²) in [6, 6.07) is 3.83. The summed E-state index contributed by atoms with van der Waals surface area (Å²) in [5.41, 5.74) is 0.0797. The predicted octanol–water partition coefficient (Wildman–Crippen LogP) is 1.23. The number of hydrogen-bond acceptors (Lipinski definition) is 2. The van der Waals surface area contributed by atoms with Crippen LogP contribution in [0, 0.1) is 11.6 Å². The Kier molecular flexibility index (Phi) is 5.56. The van der Waals surface area contributed by atoms with Crippen LogP contribution in [0.4, 0.5) is 8.78 Å². The number of hydrogen-bond donors (Lipinski definition) is 2. The van der Waals surface area contributed by atoms with Gasteiger partial charge in [-0.15, -0.1) is 0 Å². The minimum Gasteiger partial charge on any atom is -0.356 e. The molecule has 0 aliphatic carbocycles. The molecule has 0 atom stereocenters. The molecule has 1 amide bonds. The Bertz CT molecular complexity index is 383. The molecule has 0 fully saturated rings. The van der Waals surface area contributed by atoms with Crippen molar-refractivity contribution in [2.24, 2.45) is 0 Å². The van der Waals surface area contributed by atoms with Crippen molar-refractivity contribution in [1.82, 2.24) is 10.6 Å². The van der Waals surface area contributed by atoms with Crippen molar-refractivity contribution >= 4 is 5.91 Å². The van der Waals surface area contributed by atoms with Gasteiger partial charge in [0.15, 0.2) is 11.6 Å². The number of halogens is 2. The van der Waals surface area contributed by atoms with Crippen molar-refractivity contribution < 1.29 is 13.6 Å². The minimum absolute atomic E-state index is 0.0797. The molecule has 17 heavy (non-hydrogen) atoms. The van der Waals surface area contributed by atoms with Crippen molar-refractivity contribution in [2.75, 3.05) is 20.1 Å². The van der Waals surface area contributed by atoms with E-state index in [2.05, 4.69) is 10.6 Å². The number of benzene rings is 1. The van der Waals surface area contributed by atoms with Crippen LogP contribution in [0.2, 0.25) is 0 Å². The van der Waals surface area contributed by atoms with Gasteiger partial charge in [0, 0.05) is 12.1 Å². The fraction of sp³-hybridized carbons (Fsp3) is 0.417. The van der Waals surface area contributed by atoms with Crippen LogP contribution in [0.25, 0.3) is 0 Å². The maximum Gasteiger partial charge on any atom is 0.224 e. The predicted molar refractivity (Wildman–Crippen MR) is 61.6 cm³/mol. The molecule has 0 aromatic heterocycles. The Morgan fingerprint density at radius 2 is 2.06 bits per heavy atom. The molecular formula is C12H16F2N2O. The molecule has 1 aromatic rings. The Balaban J connectivity index is 2.43. The highest BCUT2D eigenvalue weighted by atomic mass is 19.2. The fourth-order valence-corrected chi connectivity index (χ4v) is 1.41. The zero-order valence-corrected chi connectivity index (χ0v) is 9.72. The smallest absolute Gasteiger partial charge is 0.224 e. The zero-order valence-electron chi connectivity index (χ0n) is 9.72. The molecule has 3 nitrogen and oxygen atoms in total. The Morgan fingerprint density at radius 3 is 2.76 bits per heavy atom. The molecule has 1 rings (SSSR count). The standard InChI is InChI=1S/C12H16F2N2O/c1-15-6-3-7-16-11(17)8-9-4-2-5-10(13)12(9)14/h2,4-5,15H,3,6-8H2,1H3,(H,16,17). The molecule has 1 aromatic carbocycles. The Hall–Kier alpha value is -1.49. The van der Waals surface area contributed by atoms with E-state index in [-0.39, 0.29) is 17.9 Å². The third-order valence-electron chi connectivity index (χ3n) is 2.31. The summed E-state index contributed by atoms with van der Waals surface area (Å²) < 4.78 is 26.1. The minimum atomic E-state index is -0.946. The average Bonchev–Trinajstić information content (AvgIpc) is 2.31. The molecule has 0 saturated carbocycles. The van der Waals surface area contributed by atoms with Crippen LogP contribution in [0.3, 0.4) is 0 Å². The van der Waals surface area contributed by atoms with Crippen LogP contribution in [0.15, 0.2) is 18.2 Å². The van der Waals surface area contributed by atoms with Crippen molar-refractivity contribution in [2.45, 2.75) is 12.8 Å². The molecular weight excluding hydrogens is 226 g/mol. The largest absolute Gasteiger partial charge is 0.356 e. The van der Waals surface area contributed by atoms with E-state index in [0.29, 0.717) is 6.54 Å². The molecule has 0 spiro atoms. The van der Waals surface area contributed by atoms with Gasteiger partial charge in [0.25, 0.3) is 0 Å². The maximum absolute atomic E-state index is 13.2. The first-order chi connectivity index (χ1) is 8.15. The van der Waals surface area contributed by atoms with Gasteiger partial charge in [-0.05, 0) is 26.1 Å². The number of carbonyl (C=O) groups excluding carboxylic acids is 1. The van der Waals surface area contributed by atoms with Crippen LogP contribution in [0.5, 0.6) is 0 Å². The topological polar surface area (TPSA) is 41.1 Å². The molecule has 0 radical (unpaired) electrons. The van der Waals surface area contributed by atoms with Gasteiger partial charge in [-0.25, -0.2) is 8.78 Å². The van der Waals surface area contributed by atoms with Gasteiger partial charge in [0.1, 0.15) is 0 Å². The summed E-state index contributed by atoms with van der Waals surface area (Å²) in [7, 11) is 1.82. The van der Waals surface area contributed by atoms with E-state index in [4.69, 9.17) is 0 Å². The van der Waals surface area contributed by atoms with Crippen LogP contribution >= 0.6 is 0 Å². The summed E-state index contributed by atoms with van der Waals surface area (Å²) in [4.78, 5) is 11.4. The number of nitrogens with one attached hydrogen (secondary N) is 2. The van der Waals surface area contributed by atoms with E-state index < -0.39 is 11.6 Å².